The molecule has 0 radical (unpaired) electrons. The van der Waals surface area contributed by atoms with Gasteiger partial charge in [0, 0.05) is 25.3 Å². The Bertz CT molecular complexity index is 410. The molecule has 1 aromatic rings. The van der Waals surface area contributed by atoms with Gasteiger partial charge in [0.2, 0.25) is 0 Å². The monoisotopic (exact) mass is 266 g/mol. The molecule has 1 amide bonds. The number of aryl methyl sites for hydroxylation is 1. The number of amides is 1. The Hall–Kier alpha value is -1.49. The molecule has 108 valence electrons. The highest BCUT2D eigenvalue weighted by molar-refractivity contribution is 5.94. The Morgan fingerprint density at radius 3 is 2.58 bits per heavy atom. The molecular formula is C14H26N4O. The third-order valence-corrected chi connectivity index (χ3v) is 3.30. The van der Waals surface area contributed by atoms with E-state index in [1.165, 1.54) is 0 Å². The van der Waals surface area contributed by atoms with Gasteiger partial charge in [-0.2, -0.15) is 0 Å². The largest absolute Gasteiger partial charge is 0.397 e. The molecule has 0 saturated heterocycles. The first-order valence-electron chi connectivity index (χ1n) is 7.00. The summed E-state index contributed by atoms with van der Waals surface area (Å²) in [5.41, 5.74) is 7.00. The third-order valence-electron chi connectivity index (χ3n) is 3.30. The molecule has 0 aliphatic rings. The van der Waals surface area contributed by atoms with Gasteiger partial charge in [0.1, 0.15) is 5.69 Å². The summed E-state index contributed by atoms with van der Waals surface area (Å²) in [6.07, 6.45) is 1.80. The lowest BCUT2D eigenvalue weighted by Crippen LogP contribution is -2.42. The van der Waals surface area contributed by atoms with Crippen LogP contribution in [-0.2, 0) is 6.54 Å². The van der Waals surface area contributed by atoms with Gasteiger partial charge in [0.25, 0.3) is 5.91 Å². The SMILES string of the molecule is CCN(CC)CC(C)NC(=O)c1cc(N)cn1CC. The smallest absolute Gasteiger partial charge is 0.268 e. The number of anilines is 1. The molecule has 5 nitrogen and oxygen atoms in total. The normalized spacial score (nSPS) is 12.7. The Morgan fingerprint density at radius 2 is 2.05 bits per heavy atom. The van der Waals surface area contributed by atoms with Gasteiger partial charge in [0.15, 0.2) is 0 Å². The summed E-state index contributed by atoms with van der Waals surface area (Å²) < 4.78 is 1.87. The predicted octanol–water partition coefficient (Wildman–Crippen LogP) is 1.55. The maximum atomic E-state index is 12.2. The third kappa shape index (κ3) is 4.28. The van der Waals surface area contributed by atoms with Gasteiger partial charge < -0.3 is 20.5 Å². The molecule has 3 N–H and O–H groups in total. The number of nitrogens with one attached hydrogen (secondary N) is 1. The lowest BCUT2D eigenvalue weighted by Gasteiger charge is -2.23. The van der Waals surface area contributed by atoms with Crippen LogP contribution >= 0.6 is 0 Å². The van der Waals surface area contributed by atoms with Crippen LogP contribution in [0.5, 0.6) is 0 Å². The first-order valence-corrected chi connectivity index (χ1v) is 7.00. The van der Waals surface area contributed by atoms with E-state index in [-0.39, 0.29) is 11.9 Å². The van der Waals surface area contributed by atoms with Gasteiger partial charge in [-0.25, -0.2) is 0 Å². The minimum atomic E-state index is -0.0572. The fourth-order valence-electron chi connectivity index (χ4n) is 2.20. The molecule has 0 aliphatic carbocycles. The van der Waals surface area contributed by atoms with Gasteiger partial charge >= 0.3 is 0 Å². The average Bonchev–Trinajstić information content (AvgIpc) is 2.77. The summed E-state index contributed by atoms with van der Waals surface area (Å²) in [7, 11) is 0. The first-order chi connectivity index (χ1) is 9.01. The van der Waals surface area contributed by atoms with E-state index < -0.39 is 0 Å². The Labute approximate surface area is 115 Å². The van der Waals surface area contributed by atoms with Crippen LogP contribution in [0.15, 0.2) is 12.3 Å². The van der Waals surface area contributed by atoms with E-state index in [2.05, 4.69) is 24.1 Å². The molecule has 0 spiro atoms. The quantitative estimate of drug-likeness (QED) is 0.787. The molecular weight excluding hydrogens is 240 g/mol. The molecule has 0 saturated carbocycles. The van der Waals surface area contributed by atoms with E-state index in [9.17, 15) is 4.79 Å². The molecule has 19 heavy (non-hydrogen) atoms. The Balaban J connectivity index is 2.63. The molecule has 0 fully saturated rings. The second kappa shape index (κ2) is 7.19. The predicted molar refractivity (Wildman–Crippen MR) is 79.2 cm³/mol. The zero-order valence-electron chi connectivity index (χ0n) is 12.4. The highest BCUT2D eigenvalue weighted by Crippen LogP contribution is 2.10. The zero-order valence-corrected chi connectivity index (χ0v) is 12.4. The van der Waals surface area contributed by atoms with Crippen molar-refractivity contribution < 1.29 is 4.79 Å². The van der Waals surface area contributed by atoms with E-state index in [4.69, 9.17) is 5.73 Å². The fourth-order valence-corrected chi connectivity index (χ4v) is 2.20. The number of likely N-dealkylation sites (N-methyl/N-ethyl adjacent to an activating group) is 1. The van der Waals surface area contributed by atoms with Gasteiger partial charge in [-0.05, 0) is 33.0 Å². The maximum Gasteiger partial charge on any atom is 0.268 e. The van der Waals surface area contributed by atoms with Crippen LogP contribution in [0, 0.1) is 0 Å². The van der Waals surface area contributed by atoms with E-state index in [0.717, 1.165) is 26.2 Å². The maximum absolute atomic E-state index is 12.2. The van der Waals surface area contributed by atoms with Gasteiger partial charge in [0.05, 0.1) is 5.69 Å². The number of aromatic nitrogens is 1. The van der Waals surface area contributed by atoms with Crippen molar-refractivity contribution in [1.82, 2.24) is 14.8 Å². The second-order valence-corrected chi connectivity index (χ2v) is 4.81. The van der Waals surface area contributed by atoms with Gasteiger partial charge in [-0.15, -0.1) is 0 Å². The van der Waals surface area contributed by atoms with Crippen LogP contribution in [0.1, 0.15) is 38.2 Å². The van der Waals surface area contributed by atoms with Crippen LogP contribution in [0.4, 0.5) is 5.69 Å². The van der Waals surface area contributed by atoms with E-state index in [1.54, 1.807) is 12.3 Å². The highest BCUT2D eigenvalue weighted by atomic mass is 16.2. The number of nitrogens with two attached hydrogens (primary N) is 1. The van der Waals surface area contributed by atoms with Gasteiger partial charge in [-0.3, -0.25) is 4.79 Å². The summed E-state index contributed by atoms with van der Waals surface area (Å²) in [6, 6.07) is 1.84. The lowest BCUT2D eigenvalue weighted by atomic mass is 10.2. The Morgan fingerprint density at radius 1 is 1.42 bits per heavy atom. The molecule has 0 aromatic carbocycles. The molecule has 5 heteroatoms. The standard InChI is InChI=1S/C14H26N4O/c1-5-17(6-2)9-11(4)16-14(19)13-8-12(15)10-18(13)7-3/h8,10-11H,5-7,9,15H2,1-4H3,(H,16,19). The van der Waals surface area contributed by atoms with Crippen LogP contribution in [0.3, 0.4) is 0 Å². The molecule has 1 rings (SSSR count). The first kappa shape index (κ1) is 15.6. The average molecular weight is 266 g/mol. The second-order valence-electron chi connectivity index (χ2n) is 4.81. The number of nitrogen functional groups attached to an aromatic ring is 1. The van der Waals surface area contributed by atoms with Crippen molar-refractivity contribution in [3.8, 4) is 0 Å². The number of nitrogens with zero attached hydrogens (tertiary/aromatic N) is 2. The van der Waals surface area contributed by atoms with Crippen molar-refractivity contribution in [1.29, 1.82) is 0 Å². The van der Waals surface area contributed by atoms with Crippen molar-refractivity contribution in [2.45, 2.75) is 40.3 Å². The zero-order chi connectivity index (χ0) is 14.4. The van der Waals surface area contributed by atoms with Gasteiger partial charge in [-0.1, -0.05) is 13.8 Å². The Kier molecular flexibility index (Phi) is 5.89. The molecule has 0 bridgehead atoms. The topological polar surface area (TPSA) is 63.3 Å². The van der Waals surface area contributed by atoms with Crippen LogP contribution in [0.2, 0.25) is 0 Å². The number of hydrogen-bond donors (Lipinski definition) is 2. The number of hydrogen-bond acceptors (Lipinski definition) is 3. The van der Waals surface area contributed by atoms with Crippen molar-refractivity contribution in [3.05, 3.63) is 18.0 Å². The van der Waals surface area contributed by atoms with E-state index >= 15 is 0 Å². The minimum absolute atomic E-state index is 0.0572. The summed E-state index contributed by atoms with van der Waals surface area (Å²) in [5.74, 6) is -0.0572. The van der Waals surface area contributed by atoms with E-state index in [1.807, 2.05) is 18.4 Å². The summed E-state index contributed by atoms with van der Waals surface area (Å²) >= 11 is 0. The molecule has 1 aromatic heterocycles. The molecule has 1 atom stereocenters. The van der Waals surface area contributed by atoms with Crippen molar-refractivity contribution in [3.63, 3.8) is 0 Å². The van der Waals surface area contributed by atoms with Crippen molar-refractivity contribution in [2.75, 3.05) is 25.4 Å². The van der Waals surface area contributed by atoms with E-state index in [0.29, 0.717) is 11.4 Å². The van der Waals surface area contributed by atoms with Crippen LogP contribution in [-0.4, -0.2) is 41.1 Å². The fraction of sp³-hybridized carbons (Fsp3) is 0.643. The number of carbonyl (C=O) groups excluding carboxylic acids is 1. The molecule has 0 aliphatic heterocycles. The lowest BCUT2D eigenvalue weighted by molar-refractivity contribution is 0.0921. The number of rotatable bonds is 7. The molecule has 1 unspecified atom stereocenters. The van der Waals surface area contributed by atoms with Crippen molar-refractivity contribution >= 4 is 11.6 Å². The summed E-state index contributed by atoms with van der Waals surface area (Å²) in [4.78, 5) is 14.5. The molecule has 1 heterocycles. The van der Waals surface area contributed by atoms with Crippen LogP contribution in [0.25, 0.3) is 0 Å². The highest BCUT2D eigenvalue weighted by Gasteiger charge is 2.15. The summed E-state index contributed by atoms with van der Waals surface area (Å²) in [5, 5.41) is 3.03. The minimum Gasteiger partial charge on any atom is -0.397 e. The number of carbonyl (C=O) groups is 1. The van der Waals surface area contributed by atoms with Crippen molar-refractivity contribution in [2.24, 2.45) is 0 Å². The summed E-state index contributed by atoms with van der Waals surface area (Å²) in [6.45, 7) is 11.9. The van der Waals surface area contributed by atoms with Crippen LogP contribution < -0.4 is 11.1 Å².